The van der Waals surface area contributed by atoms with Gasteiger partial charge in [0.05, 0.1) is 5.69 Å². The van der Waals surface area contributed by atoms with Gasteiger partial charge in [0, 0.05) is 5.69 Å². The topological polar surface area (TPSA) is 12.9 Å². The largest absolute Gasteiger partial charge is 0.253 e. The van der Waals surface area contributed by atoms with Gasteiger partial charge in [0.25, 0.3) is 0 Å². The highest BCUT2D eigenvalue weighted by molar-refractivity contribution is 5.69. The van der Waals surface area contributed by atoms with Gasteiger partial charge in [-0.2, -0.15) is 0 Å². The van der Waals surface area contributed by atoms with Crippen LogP contribution in [0.25, 0.3) is 5.57 Å². The van der Waals surface area contributed by atoms with Crippen LogP contribution in [-0.2, 0) is 0 Å². The third-order valence-electron chi connectivity index (χ3n) is 2.45. The van der Waals surface area contributed by atoms with Crippen LogP contribution in [-0.4, -0.2) is 4.98 Å². The zero-order chi connectivity index (χ0) is 14.0. The first-order valence-electron chi connectivity index (χ1n) is 6.60. The van der Waals surface area contributed by atoms with Crippen molar-refractivity contribution in [1.29, 1.82) is 0 Å². The van der Waals surface area contributed by atoms with E-state index in [0.717, 1.165) is 23.4 Å². The van der Waals surface area contributed by atoms with E-state index < -0.39 is 0 Å². The smallest absolute Gasteiger partial charge is 0.0699 e. The van der Waals surface area contributed by atoms with E-state index in [-0.39, 0.29) is 0 Å². The fraction of sp³-hybridized carbons (Fsp3) is 0.353. The fourth-order valence-electron chi connectivity index (χ4n) is 1.25. The third-order valence-corrected chi connectivity index (χ3v) is 2.45. The summed E-state index contributed by atoms with van der Waals surface area (Å²) >= 11 is 0. The summed E-state index contributed by atoms with van der Waals surface area (Å²) in [6, 6.07) is 5.97. The minimum atomic E-state index is 0.943. The molecule has 0 fully saturated rings. The Bertz CT molecular complexity index is 425. The molecule has 0 aromatic carbocycles. The molecule has 1 rings (SSSR count). The first-order valence-corrected chi connectivity index (χ1v) is 6.60. The van der Waals surface area contributed by atoms with Crippen LogP contribution in [0, 0.1) is 6.92 Å². The molecule has 0 atom stereocenters. The maximum absolute atomic E-state index is 4.42. The standard InChI is InChI=1S/C15H19N.C2H6/c1-5-12(2)8-6-9-13(3)15-11-7-10-14(4)16-15;1-2/h6-11H,3,5H2,1-2,4H3;1-2H3/b9-6-,12-8-;. The van der Waals surface area contributed by atoms with Crippen molar-refractivity contribution in [1.82, 2.24) is 4.98 Å². The maximum Gasteiger partial charge on any atom is 0.0699 e. The van der Waals surface area contributed by atoms with E-state index in [1.165, 1.54) is 5.57 Å². The lowest BCUT2D eigenvalue weighted by atomic mass is 10.1. The highest BCUT2D eigenvalue weighted by Crippen LogP contribution is 2.11. The number of rotatable bonds is 4. The van der Waals surface area contributed by atoms with Crippen LogP contribution in [0.5, 0.6) is 0 Å². The Labute approximate surface area is 112 Å². The zero-order valence-corrected chi connectivity index (χ0v) is 12.3. The molecule has 0 unspecified atom stereocenters. The molecule has 0 bridgehead atoms. The van der Waals surface area contributed by atoms with Crippen molar-refractivity contribution < 1.29 is 0 Å². The van der Waals surface area contributed by atoms with E-state index in [9.17, 15) is 0 Å². The molecule has 18 heavy (non-hydrogen) atoms. The Balaban J connectivity index is 0.00000137. The molecule has 1 heteroatoms. The second kappa shape index (κ2) is 9.41. The molecule has 1 nitrogen and oxygen atoms in total. The van der Waals surface area contributed by atoms with Crippen molar-refractivity contribution in [3.63, 3.8) is 0 Å². The van der Waals surface area contributed by atoms with Crippen LogP contribution in [0.2, 0.25) is 0 Å². The summed E-state index contributed by atoms with van der Waals surface area (Å²) in [5.74, 6) is 0. The van der Waals surface area contributed by atoms with Crippen LogP contribution >= 0.6 is 0 Å². The van der Waals surface area contributed by atoms with E-state index >= 15 is 0 Å². The lowest BCUT2D eigenvalue weighted by molar-refractivity contribution is 1.10. The summed E-state index contributed by atoms with van der Waals surface area (Å²) in [5, 5.41) is 0. The number of nitrogens with zero attached hydrogens (tertiary/aromatic N) is 1. The lowest BCUT2D eigenvalue weighted by Gasteiger charge is -2.00. The van der Waals surface area contributed by atoms with Crippen molar-refractivity contribution in [2.75, 3.05) is 0 Å². The number of aryl methyl sites for hydroxylation is 1. The Morgan fingerprint density at radius 2 is 2.00 bits per heavy atom. The Morgan fingerprint density at radius 1 is 1.33 bits per heavy atom. The number of allylic oxidation sites excluding steroid dienone is 5. The molecular weight excluding hydrogens is 218 g/mol. The Morgan fingerprint density at radius 3 is 2.56 bits per heavy atom. The second-order valence-electron chi connectivity index (χ2n) is 3.92. The minimum Gasteiger partial charge on any atom is -0.253 e. The average Bonchev–Trinajstić information content (AvgIpc) is 2.40. The molecule has 0 N–H and O–H groups in total. The summed E-state index contributed by atoms with van der Waals surface area (Å²) in [5.41, 5.74) is 4.27. The van der Waals surface area contributed by atoms with Crippen LogP contribution < -0.4 is 0 Å². The monoisotopic (exact) mass is 243 g/mol. The maximum atomic E-state index is 4.42. The third kappa shape index (κ3) is 6.19. The van der Waals surface area contributed by atoms with Gasteiger partial charge < -0.3 is 0 Å². The quantitative estimate of drug-likeness (QED) is 0.650. The Kier molecular flexibility index (Phi) is 8.55. The summed E-state index contributed by atoms with van der Waals surface area (Å²) in [7, 11) is 0. The summed E-state index contributed by atoms with van der Waals surface area (Å²) in [6.45, 7) is 14.3. The second-order valence-corrected chi connectivity index (χ2v) is 3.92. The first kappa shape index (κ1) is 16.4. The van der Waals surface area contributed by atoms with Crippen molar-refractivity contribution in [3.8, 4) is 0 Å². The molecule has 0 amide bonds. The molecule has 0 aliphatic rings. The molecular formula is C17H25N. The molecule has 0 saturated carbocycles. The zero-order valence-electron chi connectivity index (χ0n) is 12.3. The SMILES string of the molecule is C=C(/C=C\C=C(\C)CC)c1cccc(C)n1.CC. The van der Waals surface area contributed by atoms with Gasteiger partial charge in [-0.3, -0.25) is 4.98 Å². The summed E-state index contributed by atoms with van der Waals surface area (Å²) in [4.78, 5) is 4.42. The van der Waals surface area contributed by atoms with Gasteiger partial charge in [-0.1, -0.05) is 57.2 Å². The highest BCUT2D eigenvalue weighted by atomic mass is 14.7. The van der Waals surface area contributed by atoms with Crippen LogP contribution in [0.1, 0.15) is 45.5 Å². The molecule has 98 valence electrons. The van der Waals surface area contributed by atoms with Gasteiger partial charge in [-0.05, 0) is 38.0 Å². The van der Waals surface area contributed by atoms with Crippen molar-refractivity contribution in [3.05, 3.63) is 60.0 Å². The van der Waals surface area contributed by atoms with E-state index in [0.29, 0.717) is 0 Å². The van der Waals surface area contributed by atoms with Gasteiger partial charge in [-0.15, -0.1) is 0 Å². The predicted octanol–water partition coefficient (Wildman–Crippen LogP) is 5.34. The average molecular weight is 243 g/mol. The summed E-state index contributed by atoms with van der Waals surface area (Å²) in [6.07, 6.45) is 7.23. The highest BCUT2D eigenvalue weighted by Gasteiger charge is 1.95. The van der Waals surface area contributed by atoms with Gasteiger partial charge >= 0.3 is 0 Å². The van der Waals surface area contributed by atoms with Gasteiger partial charge in [-0.25, -0.2) is 0 Å². The summed E-state index contributed by atoms with van der Waals surface area (Å²) < 4.78 is 0. The van der Waals surface area contributed by atoms with Crippen LogP contribution in [0.15, 0.2) is 48.6 Å². The molecule has 1 heterocycles. The minimum absolute atomic E-state index is 0.943. The first-order chi connectivity index (χ1) is 8.63. The number of hydrogen-bond acceptors (Lipinski definition) is 1. The predicted molar refractivity (Wildman–Crippen MR) is 82.5 cm³/mol. The van der Waals surface area contributed by atoms with Crippen LogP contribution in [0.3, 0.4) is 0 Å². The Hall–Kier alpha value is -1.63. The fourth-order valence-corrected chi connectivity index (χ4v) is 1.25. The molecule has 0 aliphatic heterocycles. The van der Waals surface area contributed by atoms with E-state index in [1.807, 2.05) is 51.1 Å². The lowest BCUT2D eigenvalue weighted by Crippen LogP contribution is -1.87. The van der Waals surface area contributed by atoms with E-state index in [2.05, 4.69) is 31.5 Å². The molecule has 0 radical (unpaired) electrons. The number of pyridine rings is 1. The molecule has 1 aromatic rings. The molecule has 0 saturated heterocycles. The molecule has 0 spiro atoms. The van der Waals surface area contributed by atoms with Crippen molar-refractivity contribution >= 4 is 5.57 Å². The normalized spacial score (nSPS) is 11.1. The number of aromatic nitrogens is 1. The van der Waals surface area contributed by atoms with Crippen molar-refractivity contribution in [2.24, 2.45) is 0 Å². The molecule has 0 aliphatic carbocycles. The van der Waals surface area contributed by atoms with E-state index in [4.69, 9.17) is 0 Å². The van der Waals surface area contributed by atoms with Crippen LogP contribution in [0.4, 0.5) is 0 Å². The number of hydrogen-bond donors (Lipinski definition) is 0. The van der Waals surface area contributed by atoms with Gasteiger partial charge in [0.15, 0.2) is 0 Å². The van der Waals surface area contributed by atoms with Crippen molar-refractivity contribution in [2.45, 2.75) is 41.0 Å². The van der Waals surface area contributed by atoms with Gasteiger partial charge in [0.2, 0.25) is 0 Å². The van der Waals surface area contributed by atoms with Gasteiger partial charge in [0.1, 0.15) is 0 Å². The van der Waals surface area contributed by atoms with E-state index in [1.54, 1.807) is 0 Å². The molecule has 1 aromatic heterocycles.